The summed E-state index contributed by atoms with van der Waals surface area (Å²) < 4.78 is 0. The maximum Gasteiger partial charge on any atom is 0.329 e. The van der Waals surface area contributed by atoms with E-state index < -0.39 is 11.5 Å². The molecule has 0 spiro atoms. The average molecular weight is 249 g/mol. The predicted molar refractivity (Wildman–Crippen MR) is 69.4 cm³/mol. The monoisotopic (exact) mass is 249 g/mol. The van der Waals surface area contributed by atoms with Gasteiger partial charge in [0.25, 0.3) is 0 Å². The van der Waals surface area contributed by atoms with E-state index in [0.29, 0.717) is 6.42 Å². The number of carbonyl (C=O) groups excluding carboxylic acids is 1. The van der Waals surface area contributed by atoms with Crippen molar-refractivity contribution in [1.82, 2.24) is 5.32 Å². The van der Waals surface area contributed by atoms with Crippen LogP contribution in [0, 0.1) is 6.92 Å². The molecule has 0 aliphatic rings. The summed E-state index contributed by atoms with van der Waals surface area (Å²) in [5.41, 5.74) is 0.812. The molecule has 0 saturated heterocycles. The van der Waals surface area contributed by atoms with E-state index >= 15 is 0 Å². The minimum atomic E-state index is -1.19. The summed E-state index contributed by atoms with van der Waals surface area (Å²) in [6, 6.07) is 7.61. The van der Waals surface area contributed by atoms with Gasteiger partial charge in [-0.15, -0.1) is 0 Å². The molecule has 1 rings (SSSR count). The minimum absolute atomic E-state index is 0.198. The van der Waals surface area contributed by atoms with Gasteiger partial charge in [-0.05, 0) is 25.8 Å². The Morgan fingerprint density at radius 1 is 1.28 bits per heavy atom. The van der Waals surface area contributed by atoms with Gasteiger partial charge >= 0.3 is 5.97 Å². The standard InChI is InChI=1S/C14H19NO3/c1-4-14(3,13(17)18)15-12(16)9-11-7-5-10(2)6-8-11/h5-8H,4,9H2,1-3H3,(H,15,16)(H,17,18). The normalized spacial score (nSPS) is 13.7. The van der Waals surface area contributed by atoms with Crippen molar-refractivity contribution in [2.75, 3.05) is 0 Å². The van der Waals surface area contributed by atoms with E-state index in [1.165, 1.54) is 6.92 Å². The summed E-state index contributed by atoms with van der Waals surface area (Å²) in [6.45, 7) is 5.23. The van der Waals surface area contributed by atoms with Gasteiger partial charge in [0.2, 0.25) is 5.91 Å². The Bertz CT molecular complexity index is 439. The zero-order valence-corrected chi connectivity index (χ0v) is 11.0. The SMILES string of the molecule is CCC(C)(NC(=O)Cc1ccc(C)cc1)C(=O)O. The second kappa shape index (κ2) is 5.67. The number of amides is 1. The quantitative estimate of drug-likeness (QED) is 0.837. The van der Waals surface area contributed by atoms with Crippen molar-refractivity contribution in [2.24, 2.45) is 0 Å². The highest BCUT2D eigenvalue weighted by atomic mass is 16.4. The number of aryl methyl sites for hydroxylation is 1. The summed E-state index contributed by atoms with van der Waals surface area (Å²) in [6.07, 6.45) is 0.547. The fraction of sp³-hybridized carbons (Fsp3) is 0.429. The lowest BCUT2D eigenvalue weighted by molar-refractivity contribution is -0.146. The first-order valence-corrected chi connectivity index (χ1v) is 5.97. The molecule has 2 N–H and O–H groups in total. The smallest absolute Gasteiger partial charge is 0.329 e. The Balaban J connectivity index is 2.66. The Labute approximate surface area is 107 Å². The van der Waals surface area contributed by atoms with Gasteiger partial charge < -0.3 is 10.4 Å². The number of aliphatic carboxylic acids is 1. The highest BCUT2D eigenvalue weighted by molar-refractivity contribution is 5.87. The van der Waals surface area contributed by atoms with E-state index in [-0.39, 0.29) is 12.3 Å². The van der Waals surface area contributed by atoms with E-state index in [1.54, 1.807) is 6.92 Å². The number of benzene rings is 1. The van der Waals surface area contributed by atoms with E-state index in [1.807, 2.05) is 31.2 Å². The Kier molecular flexibility index (Phi) is 4.48. The summed E-state index contributed by atoms with van der Waals surface area (Å²) >= 11 is 0. The van der Waals surface area contributed by atoms with Crippen LogP contribution >= 0.6 is 0 Å². The maximum atomic E-state index is 11.8. The first kappa shape index (κ1) is 14.2. The van der Waals surface area contributed by atoms with Gasteiger partial charge in [-0.2, -0.15) is 0 Å². The highest BCUT2D eigenvalue weighted by Crippen LogP contribution is 2.10. The lowest BCUT2D eigenvalue weighted by Crippen LogP contribution is -2.52. The molecule has 0 bridgehead atoms. The lowest BCUT2D eigenvalue weighted by atomic mass is 9.98. The van der Waals surface area contributed by atoms with Crippen molar-refractivity contribution in [1.29, 1.82) is 0 Å². The van der Waals surface area contributed by atoms with Crippen LogP contribution < -0.4 is 5.32 Å². The van der Waals surface area contributed by atoms with Crippen molar-refractivity contribution < 1.29 is 14.7 Å². The largest absolute Gasteiger partial charge is 0.480 e. The Morgan fingerprint density at radius 2 is 1.83 bits per heavy atom. The molecule has 0 heterocycles. The summed E-state index contributed by atoms with van der Waals surface area (Å²) in [7, 11) is 0. The van der Waals surface area contributed by atoms with Gasteiger partial charge in [0, 0.05) is 0 Å². The summed E-state index contributed by atoms with van der Waals surface area (Å²) in [5.74, 6) is -1.28. The molecule has 0 aliphatic heterocycles. The molecule has 4 nitrogen and oxygen atoms in total. The number of hydrogen-bond donors (Lipinski definition) is 2. The highest BCUT2D eigenvalue weighted by Gasteiger charge is 2.32. The lowest BCUT2D eigenvalue weighted by Gasteiger charge is -2.24. The van der Waals surface area contributed by atoms with Crippen LogP contribution in [-0.2, 0) is 16.0 Å². The predicted octanol–water partition coefficient (Wildman–Crippen LogP) is 1.91. The molecule has 1 aromatic rings. The van der Waals surface area contributed by atoms with E-state index in [4.69, 9.17) is 5.11 Å². The topological polar surface area (TPSA) is 66.4 Å². The van der Waals surface area contributed by atoms with Crippen molar-refractivity contribution in [3.8, 4) is 0 Å². The van der Waals surface area contributed by atoms with Crippen molar-refractivity contribution in [3.63, 3.8) is 0 Å². The van der Waals surface area contributed by atoms with Crippen molar-refractivity contribution in [3.05, 3.63) is 35.4 Å². The van der Waals surface area contributed by atoms with Gasteiger partial charge in [0.1, 0.15) is 5.54 Å². The first-order chi connectivity index (χ1) is 8.37. The van der Waals surface area contributed by atoms with Crippen LogP contribution in [0.5, 0.6) is 0 Å². The number of rotatable bonds is 5. The van der Waals surface area contributed by atoms with Crippen molar-refractivity contribution >= 4 is 11.9 Å². The fourth-order valence-electron chi connectivity index (χ4n) is 1.54. The van der Waals surface area contributed by atoms with Gasteiger partial charge in [0.05, 0.1) is 6.42 Å². The zero-order valence-electron chi connectivity index (χ0n) is 11.0. The molecule has 98 valence electrons. The third kappa shape index (κ3) is 3.58. The summed E-state index contributed by atoms with van der Waals surface area (Å²) in [4.78, 5) is 22.9. The molecule has 0 saturated carbocycles. The fourth-order valence-corrected chi connectivity index (χ4v) is 1.54. The van der Waals surface area contributed by atoms with E-state index in [2.05, 4.69) is 5.32 Å². The molecule has 4 heteroatoms. The average Bonchev–Trinajstić information content (AvgIpc) is 2.31. The first-order valence-electron chi connectivity index (χ1n) is 5.97. The van der Waals surface area contributed by atoms with Gasteiger partial charge in [0.15, 0.2) is 0 Å². The molecule has 1 atom stereocenters. The molecule has 0 aromatic heterocycles. The minimum Gasteiger partial charge on any atom is -0.480 e. The zero-order chi connectivity index (χ0) is 13.8. The molecule has 0 fully saturated rings. The summed E-state index contributed by atoms with van der Waals surface area (Å²) in [5, 5.41) is 11.6. The third-order valence-corrected chi connectivity index (χ3v) is 3.08. The molecule has 18 heavy (non-hydrogen) atoms. The molecular formula is C14H19NO3. The van der Waals surface area contributed by atoms with Gasteiger partial charge in [-0.1, -0.05) is 36.8 Å². The van der Waals surface area contributed by atoms with Crippen LogP contribution in [0.15, 0.2) is 24.3 Å². The molecule has 1 unspecified atom stereocenters. The van der Waals surface area contributed by atoms with Crippen LogP contribution in [0.1, 0.15) is 31.4 Å². The Hall–Kier alpha value is -1.84. The molecule has 0 radical (unpaired) electrons. The van der Waals surface area contributed by atoms with Crippen LogP contribution in [0.25, 0.3) is 0 Å². The van der Waals surface area contributed by atoms with Gasteiger partial charge in [-0.3, -0.25) is 4.79 Å². The second-order valence-corrected chi connectivity index (χ2v) is 4.70. The van der Waals surface area contributed by atoms with Gasteiger partial charge in [-0.25, -0.2) is 4.79 Å². The van der Waals surface area contributed by atoms with E-state index in [9.17, 15) is 9.59 Å². The third-order valence-electron chi connectivity index (χ3n) is 3.08. The molecule has 1 amide bonds. The molecule has 1 aromatic carbocycles. The number of carboxylic acid groups (broad SMARTS) is 1. The van der Waals surface area contributed by atoms with Crippen LogP contribution in [-0.4, -0.2) is 22.5 Å². The maximum absolute atomic E-state index is 11.8. The number of nitrogens with one attached hydrogen (secondary N) is 1. The number of hydrogen-bond acceptors (Lipinski definition) is 2. The van der Waals surface area contributed by atoms with Crippen LogP contribution in [0.4, 0.5) is 0 Å². The van der Waals surface area contributed by atoms with Crippen molar-refractivity contribution in [2.45, 2.75) is 39.2 Å². The molecular weight excluding hydrogens is 230 g/mol. The van der Waals surface area contributed by atoms with Crippen LogP contribution in [0.2, 0.25) is 0 Å². The second-order valence-electron chi connectivity index (χ2n) is 4.70. The van der Waals surface area contributed by atoms with Crippen LogP contribution in [0.3, 0.4) is 0 Å². The van der Waals surface area contributed by atoms with E-state index in [0.717, 1.165) is 11.1 Å². The number of carboxylic acids is 1. The Morgan fingerprint density at radius 3 is 2.28 bits per heavy atom. The molecule has 0 aliphatic carbocycles. The number of carbonyl (C=O) groups is 2.